The van der Waals surface area contributed by atoms with Crippen LogP contribution in [0.25, 0.3) is 0 Å². The van der Waals surface area contributed by atoms with Crippen molar-refractivity contribution in [3.05, 3.63) is 42.0 Å². The van der Waals surface area contributed by atoms with Gasteiger partial charge in [-0.2, -0.15) is 0 Å². The highest BCUT2D eigenvalue weighted by molar-refractivity contribution is 5.92. The molecule has 1 fully saturated rings. The van der Waals surface area contributed by atoms with Gasteiger partial charge in [-0.1, -0.05) is 11.3 Å². The zero-order chi connectivity index (χ0) is 15.4. The van der Waals surface area contributed by atoms with Gasteiger partial charge in [0.05, 0.1) is 18.3 Å². The maximum atomic E-state index is 12.3. The Morgan fingerprint density at radius 2 is 2.12 bits per heavy atom. The van der Waals surface area contributed by atoms with Gasteiger partial charge in [-0.25, -0.2) is 4.68 Å². The smallest absolute Gasteiger partial charge is 0.273 e. The second kappa shape index (κ2) is 9.56. The molecule has 1 amide bonds. The van der Waals surface area contributed by atoms with Gasteiger partial charge < -0.3 is 10.6 Å². The summed E-state index contributed by atoms with van der Waals surface area (Å²) >= 11 is 0. The van der Waals surface area contributed by atoms with E-state index in [4.69, 9.17) is 0 Å². The first-order valence-corrected chi connectivity index (χ1v) is 7.57. The predicted octanol–water partition coefficient (Wildman–Crippen LogP) is 1.93. The number of nitrogens with zero attached hydrogens (tertiary/aromatic N) is 4. The van der Waals surface area contributed by atoms with Crippen LogP contribution in [0.2, 0.25) is 0 Å². The van der Waals surface area contributed by atoms with E-state index in [-0.39, 0.29) is 36.8 Å². The minimum atomic E-state index is -0.212. The third kappa shape index (κ3) is 4.90. The molecule has 0 spiro atoms. The van der Waals surface area contributed by atoms with Gasteiger partial charge in [0.25, 0.3) is 5.91 Å². The van der Waals surface area contributed by atoms with Crippen molar-refractivity contribution < 1.29 is 4.79 Å². The summed E-state index contributed by atoms with van der Waals surface area (Å²) in [5, 5.41) is 14.3. The lowest BCUT2D eigenvalue weighted by Crippen LogP contribution is -2.29. The lowest BCUT2D eigenvalue weighted by molar-refractivity contribution is 0.0934. The topological polar surface area (TPSA) is 84.7 Å². The van der Waals surface area contributed by atoms with Crippen molar-refractivity contribution in [2.45, 2.75) is 31.8 Å². The number of carbonyl (C=O) groups excluding carboxylic acids is 1. The Labute approximate surface area is 153 Å². The molecule has 0 radical (unpaired) electrons. The first kappa shape index (κ1) is 20.3. The fraction of sp³-hybridized carbons (Fsp3) is 0.467. The molecule has 0 saturated carbocycles. The molecule has 9 heteroatoms. The van der Waals surface area contributed by atoms with Crippen molar-refractivity contribution in [3.8, 4) is 0 Å². The van der Waals surface area contributed by atoms with Gasteiger partial charge in [-0.15, -0.1) is 29.9 Å². The summed E-state index contributed by atoms with van der Waals surface area (Å²) in [5.74, 6) is -0.212. The molecule has 24 heavy (non-hydrogen) atoms. The summed E-state index contributed by atoms with van der Waals surface area (Å²) in [6.07, 6.45) is 7.22. The van der Waals surface area contributed by atoms with Crippen LogP contribution in [0.4, 0.5) is 0 Å². The minimum Gasteiger partial charge on any atom is -0.344 e. The fourth-order valence-corrected chi connectivity index (χ4v) is 2.62. The molecule has 0 unspecified atom stereocenters. The summed E-state index contributed by atoms with van der Waals surface area (Å²) in [4.78, 5) is 16.3. The lowest BCUT2D eigenvalue weighted by Gasteiger charge is -2.22. The number of hydrogen-bond acceptors (Lipinski definition) is 5. The van der Waals surface area contributed by atoms with E-state index in [1.54, 1.807) is 18.6 Å². The largest absolute Gasteiger partial charge is 0.344 e. The van der Waals surface area contributed by atoms with E-state index in [2.05, 4.69) is 25.9 Å². The molecule has 2 aromatic heterocycles. The summed E-state index contributed by atoms with van der Waals surface area (Å²) in [6, 6.07) is 3.99. The van der Waals surface area contributed by atoms with Gasteiger partial charge in [-0.05, 0) is 44.5 Å². The molecule has 0 aliphatic carbocycles. The summed E-state index contributed by atoms with van der Waals surface area (Å²) in [7, 11) is 0. The lowest BCUT2D eigenvalue weighted by atomic mass is 10.1. The van der Waals surface area contributed by atoms with Gasteiger partial charge in [0.1, 0.15) is 0 Å². The standard InChI is InChI=1S/C15H20N6O.2ClH/c1-11(12-3-2-6-17-9-12)18-15(22)14-10-21(20-19-14)13-4-7-16-8-5-13;;/h2-3,6,9-11,13,16H,4-5,7-8H2,1H3,(H,18,22);2*1H/t11-;;/m0../s1. The molecule has 1 aliphatic rings. The normalized spacial score (nSPS) is 15.7. The Kier molecular flexibility index (Phi) is 8.10. The quantitative estimate of drug-likeness (QED) is 0.856. The maximum Gasteiger partial charge on any atom is 0.273 e. The van der Waals surface area contributed by atoms with Crippen LogP contribution in [-0.4, -0.2) is 39.0 Å². The van der Waals surface area contributed by atoms with Gasteiger partial charge in [0, 0.05) is 12.4 Å². The molecule has 0 aromatic carbocycles. The van der Waals surface area contributed by atoms with Crippen LogP contribution in [0.3, 0.4) is 0 Å². The number of nitrogens with one attached hydrogen (secondary N) is 2. The Morgan fingerprint density at radius 1 is 1.38 bits per heavy atom. The number of carbonyl (C=O) groups is 1. The number of hydrogen-bond donors (Lipinski definition) is 2. The van der Waals surface area contributed by atoms with Crippen LogP contribution in [0.1, 0.15) is 47.9 Å². The number of piperidine rings is 1. The fourth-order valence-electron chi connectivity index (χ4n) is 2.62. The van der Waals surface area contributed by atoms with E-state index in [9.17, 15) is 4.79 Å². The van der Waals surface area contributed by atoms with Crippen molar-refractivity contribution in [2.75, 3.05) is 13.1 Å². The number of pyridine rings is 1. The van der Waals surface area contributed by atoms with Gasteiger partial charge >= 0.3 is 0 Å². The molecule has 2 aromatic rings. The van der Waals surface area contributed by atoms with Crippen molar-refractivity contribution in [1.82, 2.24) is 30.6 Å². The van der Waals surface area contributed by atoms with Gasteiger partial charge in [-0.3, -0.25) is 9.78 Å². The van der Waals surface area contributed by atoms with Crippen LogP contribution in [-0.2, 0) is 0 Å². The molecular weight excluding hydrogens is 351 g/mol. The molecule has 1 aliphatic heterocycles. The van der Waals surface area contributed by atoms with E-state index >= 15 is 0 Å². The molecular formula is C15H22Cl2N6O. The summed E-state index contributed by atoms with van der Waals surface area (Å²) < 4.78 is 1.81. The van der Waals surface area contributed by atoms with Crippen LogP contribution in [0, 0.1) is 0 Å². The van der Waals surface area contributed by atoms with E-state index in [0.717, 1.165) is 31.5 Å². The van der Waals surface area contributed by atoms with Gasteiger partial charge in [0.15, 0.2) is 5.69 Å². The highest BCUT2D eigenvalue weighted by atomic mass is 35.5. The minimum absolute atomic E-state index is 0. The van der Waals surface area contributed by atoms with E-state index in [1.807, 2.05) is 23.7 Å². The van der Waals surface area contributed by atoms with Crippen molar-refractivity contribution in [3.63, 3.8) is 0 Å². The zero-order valence-corrected chi connectivity index (χ0v) is 15.0. The maximum absolute atomic E-state index is 12.3. The SMILES string of the molecule is C[C@H](NC(=O)c1cn(C2CCNCC2)nn1)c1cccnc1.Cl.Cl. The second-order valence-electron chi connectivity index (χ2n) is 5.55. The molecule has 0 bridgehead atoms. The van der Waals surface area contributed by atoms with Crippen LogP contribution in [0.5, 0.6) is 0 Å². The molecule has 7 nitrogen and oxygen atoms in total. The Morgan fingerprint density at radius 3 is 2.79 bits per heavy atom. The molecule has 1 saturated heterocycles. The second-order valence-corrected chi connectivity index (χ2v) is 5.55. The molecule has 2 N–H and O–H groups in total. The Balaban J connectivity index is 0.00000144. The van der Waals surface area contributed by atoms with E-state index in [0.29, 0.717) is 11.7 Å². The monoisotopic (exact) mass is 372 g/mol. The molecule has 132 valence electrons. The highest BCUT2D eigenvalue weighted by Gasteiger charge is 2.19. The van der Waals surface area contributed by atoms with Crippen molar-refractivity contribution in [2.24, 2.45) is 0 Å². The first-order chi connectivity index (χ1) is 10.7. The molecule has 3 rings (SSSR count). The average Bonchev–Trinajstić information content (AvgIpc) is 3.06. The zero-order valence-electron chi connectivity index (χ0n) is 13.4. The molecule has 1 atom stereocenters. The number of halogens is 2. The van der Waals surface area contributed by atoms with Gasteiger partial charge in [0.2, 0.25) is 0 Å². The number of amides is 1. The van der Waals surface area contributed by atoms with E-state index < -0.39 is 0 Å². The van der Waals surface area contributed by atoms with Crippen molar-refractivity contribution >= 4 is 30.7 Å². The first-order valence-electron chi connectivity index (χ1n) is 7.57. The number of rotatable bonds is 4. The Bertz CT molecular complexity index is 630. The average molecular weight is 373 g/mol. The summed E-state index contributed by atoms with van der Waals surface area (Å²) in [6.45, 7) is 3.88. The van der Waals surface area contributed by atoms with Crippen LogP contribution >= 0.6 is 24.8 Å². The predicted molar refractivity (Wildman–Crippen MR) is 95.8 cm³/mol. The van der Waals surface area contributed by atoms with E-state index in [1.165, 1.54) is 0 Å². The highest BCUT2D eigenvalue weighted by Crippen LogP contribution is 2.17. The van der Waals surface area contributed by atoms with Crippen LogP contribution in [0.15, 0.2) is 30.7 Å². The summed E-state index contributed by atoms with van der Waals surface area (Å²) in [5.41, 5.74) is 1.32. The molecule has 3 heterocycles. The van der Waals surface area contributed by atoms with Crippen LogP contribution < -0.4 is 10.6 Å². The number of aromatic nitrogens is 4. The third-order valence-corrected chi connectivity index (χ3v) is 3.96. The Hall–Kier alpha value is -1.70. The van der Waals surface area contributed by atoms with Crippen molar-refractivity contribution in [1.29, 1.82) is 0 Å². The third-order valence-electron chi connectivity index (χ3n) is 3.96.